The van der Waals surface area contributed by atoms with Crippen molar-refractivity contribution in [2.45, 2.75) is 39.0 Å². The molecule has 0 aromatic carbocycles. The SMILES string of the molecule is CC(C)(C)c1csc(N2CCCC2)n1. The van der Waals surface area contributed by atoms with Crippen molar-refractivity contribution in [2.24, 2.45) is 0 Å². The lowest BCUT2D eigenvalue weighted by atomic mass is 9.93. The van der Waals surface area contributed by atoms with E-state index in [2.05, 4.69) is 31.1 Å². The van der Waals surface area contributed by atoms with Crippen LogP contribution in [0.15, 0.2) is 5.38 Å². The van der Waals surface area contributed by atoms with Crippen molar-refractivity contribution in [1.82, 2.24) is 4.98 Å². The summed E-state index contributed by atoms with van der Waals surface area (Å²) in [6.07, 6.45) is 2.65. The van der Waals surface area contributed by atoms with Gasteiger partial charge < -0.3 is 4.90 Å². The number of rotatable bonds is 1. The van der Waals surface area contributed by atoms with Crippen LogP contribution in [0.3, 0.4) is 0 Å². The molecule has 3 heteroatoms. The molecule has 0 amide bonds. The van der Waals surface area contributed by atoms with Crippen LogP contribution in [-0.4, -0.2) is 18.1 Å². The fourth-order valence-corrected chi connectivity index (χ4v) is 2.77. The van der Waals surface area contributed by atoms with Gasteiger partial charge in [-0.15, -0.1) is 11.3 Å². The molecule has 0 N–H and O–H groups in total. The highest BCUT2D eigenvalue weighted by atomic mass is 32.1. The van der Waals surface area contributed by atoms with Crippen LogP contribution in [0, 0.1) is 0 Å². The van der Waals surface area contributed by atoms with Gasteiger partial charge in [0, 0.05) is 23.9 Å². The summed E-state index contributed by atoms with van der Waals surface area (Å²) in [5.41, 5.74) is 1.42. The van der Waals surface area contributed by atoms with Crippen LogP contribution < -0.4 is 4.90 Å². The van der Waals surface area contributed by atoms with Gasteiger partial charge in [0.1, 0.15) is 0 Å². The number of hydrogen-bond donors (Lipinski definition) is 0. The highest BCUT2D eigenvalue weighted by molar-refractivity contribution is 7.13. The summed E-state index contributed by atoms with van der Waals surface area (Å²) in [4.78, 5) is 7.11. The van der Waals surface area contributed by atoms with Crippen molar-refractivity contribution in [3.8, 4) is 0 Å². The number of hydrogen-bond acceptors (Lipinski definition) is 3. The molecule has 1 aliphatic heterocycles. The largest absolute Gasteiger partial charge is 0.348 e. The minimum Gasteiger partial charge on any atom is -0.348 e. The van der Waals surface area contributed by atoms with Gasteiger partial charge in [0.25, 0.3) is 0 Å². The quantitative estimate of drug-likeness (QED) is 0.708. The van der Waals surface area contributed by atoms with Gasteiger partial charge in [0.2, 0.25) is 0 Å². The molecule has 1 aromatic heterocycles. The summed E-state index contributed by atoms with van der Waals surface area (Å²) >= 11 is 1.79. The fourth-order valence-electron chi connectivity index (χ4n) is 1.66. The first-order valence-corrected chi connectivity index (χ1v) is 6.16. The zero-order chi connectivity index (χ0) is 10.2. The maximum absolute atomic E-state index is 4.71. The third-order valence-electron chi connectivity index (χ3n) is 2.64. The monoisotopic (exact) mass is 210 g/mol. The Balaban J connectivity index is 2.17. The molecule has 78 valence electrons. The molecule has 2 nitrogen and oxygen atoms in total. The normalized spacial score (nSPS) is 17.8. The van der Waals surface area contributed by atoms with Crippen molar-refractivity contribution < 1.29 is 0 Å². The van der Waals surface area contributed by atoms with Gasteiger partial charge in [0.15, 0.2) is 5.13 Å². The molecule has 1 fully saturated rings. The second kappa shape index (κ2) is 3.54. The number of anilines is 1. The fraction of sp³-hybridized carbons (Fsp3) is 0.727. The molecule has 2 heterocycles. The van der Waals surface area contributed by atoms with Crippen molar-refractivity contribution in [3.05, 3.63) is 11.1 Å². The maximum atomic E-state index is 4.71. The molecule has 0 atom stereocenters. The molecule has 14 heavy (non-hydrogen) atoms. The van der Waals surface area contributed by atoms with E-state index < -0.39 is 0 Å². The molecule has 2 rings (SSSR count). The van der Waals surface area contributed by atoms with E-state index in [4.69, 9.17) is 4.98 Å². The first-order valence-electron chi connectivity index (χ1n) is 5.28. The Morgan fingerprint density at radius 1 is 1.29 bits per heavy atom. The third-order valence-corrected chi connectivity index (χ3v) is 3.54. The van der Waals surface area contributed by atoms with Gasteiger partial charge in [-0.2, -0.15) is 0 Å². The Labute approximate surface area is 90.0 Å². The predicted molar refractivity (Wildman–Crippen MR) is 62.3 cm³/mol. The molecular formula is C11H18N2S. The molecule has 0 aliphatic carbocycles. The topological polar surface area (TPSA) is 16.1 Å². The van der Waals surface area contributed by atoms with Gasteiger partial charge in [-0.05, 0) is 12.8 Å². The van der Waals surface area contributed by atoms with E-state index in [0.29, 0.717) is 0 Å². The molecule has 0 radical (unpaired) electrons. The molecular weight excluding hydrogens is 192 g/mol. The highest BCUT2D eigenvalue weighted by Crippen LogP contribution is 2.29. The van der Waals surface area contributed by atoms with Gasteiger partial charge in [-0.1, -0.05) is 20.8 Å². The summed E-state index contributed by atoms with van der Waals surface area (Å²) in [7, 11) is 0. The first-order chi connectivity index (χ1) is 6.57. The van der Waals surface area contributed by atoms with Gasteiger partial charge in [-0.3, -0.25) is 0 Å². The predicted octanol–water partition coefficient (Wildman–Crippen LogP) is 3.04. The second-order valence-corrected chi connectivity index (χ2v) is 5.80. The smallest absolute Gasteiger partial charge is 0.185 e. The third kappa shape index (κ3) is 1.92. The van der Waals surface area contributed by atoms with E-state index in [9.17, 15) is 0 Å². The second-order valence-electron chi connectivity index (χ2n) is 4.96. The van der Waals surface area contributed by atoms with Crippen LogP contribution in [0.4, 0.5) is 5.13 Å². The zero-order valence-electron chi connectivity index (χ0n) is 9.21. The summed E-state index contributed by atoms with van der Waals surface area (Å²) in [5.74, 6) is 0. The zero-order valence-corrected chi connectivity index (χ0v) is 10.0. The molecule has 0 spiro atoms. The number of aromatic nitrogens is 1. The van der Waals surface area contributed by atoms with E-state index in [1.165, 1.54) is 36.8 Å². The summed E-state index contributed by atoms with van der Waals surface area (Å²) in [6.45, 7) is 9.04. The summed E-state index contributed by atoms with van der Waals surface area (Å²) < 4.78 is 0. The van der Waals surface area contributed by atoms with Crippen molar-refractivity contribution in [2.75, 3.05) is 18.0 Å². The van der Waals surface area contributed by atoms with Gasteiger partial charge in [-0.25, -0.2) is 4.98 Å². The van der Waals surface area contributed by atoms with Crippen LogP contribution >= 0.6 is 11.3 Å². The first kappa shape index (κ1) is 9.97. The number of thiazole rings is 1. The van der Waals surface area contributed by atoms with Crippen LogP contribution in [0.5, 0.6) is 0 Å². The van der Waals surface area contributed by atoms with Crippen LogP contribution in [0.1, 0.15) is 39.3 Å². The van der Waals surface area contributed by atoms with Crippen molar-refractivity contribution in [1.29, 1.82) is 0 Å². The van der Waals surface area contributed by atoms with E-state index >= 15 is 0 Å². The standard InChI is InChI=1S/C11H18N2S/c1-11(2,3)9-8-14-10(12-9)13-6-4-5-7-13/h8H,4-7H2,1-3H3. The molecule has 0 saturated carbocycles. The average molecular weight is 210 g/mol. The lowest BCUT2D eigenvalue weighted by Gasteiger charge is -2.16. The van der Waals surface area contributed by atoms with E-state index in [1.807, 2.05) is 0 Å². The highest BCUT2D eigenvalue weighted by Gasteiger charge is 2.20. The lowest BCUT2D eigenvalue weighted by Crippen LogP contribution is -2.18. The van der Waals surface area contributed by atoms with E-state index in [1.54, 1.807) is 11.3 Å². The maximum Gasteiger partial charge on any atom is 0.185 e. The Kier molecular flexibility index (Phi) is 2.52. The van der Waals surface area contributed by atoms with Crippen LogP contribution in [0.25, 0.3) is 0 Å². The molecule has 0 unspecified atom stereocenters. The van der Waals surface area contributed by atoms with Crippen LogP contribution in [-0.2, 0) is 5.41 Å². The Hall–Kier alpha value is -0.570. The van der Waals surface area contributed by atoms with Crippen molar-refractivity contribution >= 4 is 16.5 Å². The van der Waals surface area contributed by atoms with Gasteiger partial charge >= 0.3 is 0 Å². The summed E-state index contributed by atoms with van der Waals surface area (Å²) in [6, 6.07) is 0. The minimum atomic E-state index is 0.189. The van der Waals surface area contributed by atoms with Crippen molar-refractivity contribution in [3.63, 3.8) is 0 Å². The number of nitrogens with zero attached hydrogens (tertiary/aromatic N) is 2. The molecule has 0 bridgehead atoms. The average Bonchev–Trinajstić information content (AvgIpc) is 2.73. The molecule has 1 saturated heterocycles. The lowest BCUT2D eigenvalue weighted by molar-refractivity contribution is 0.572. The Morgan fingerprint density at radius 2 is 1.93 bits per heavy atom. The molecule has 1 aliphatic rings. The van der Waals surface area contributed by atoms with E-state index in [-0.39, 0.29) is 5.41 Å². The Morgan fingerprint density at radius 3 is 2.43 bits per heavy atom. The summed E-state index contributed by atoms with van der Waals surface area (Å²) in [5, 5.41) is 3.42. The van der Waals surface area contributed by atoms with Crippen LogP contribution in [0.2, 0.25) is 0 Å². The Bertz CT molecular complexity index is 305. The van der Waals surface area contributed by atoms with E-state index in [0.717, 1.165) is 0 Å². The van der Waals surface area contributed by atoms with Gasteiger partial charge in [0.05, 0.1) is 5.69 Å². The minimum absolute atomic E-state index is 0.189. The molecule has 1 aromatic rings.